The summed E-state index contributed by atoms with van der Waals surface area (Å²) >= 11 is 0. The van der Waals surface area contributed by atoms with E-state index < -0.39 is 0 Å². The highest BCUT2D eigenvalue weighted by Crippen LogP contribution is 2.23. The Kier molecular flexibility index (Phi) is 6.29. The molecule has 3 aromatic carbocycles. The molecular weight excluding hydrogens is 410 g/mol. The Morgan fingerprint density at radius 1 is 0.939 bits per heavy atom. The zero-order chi connectivity index (χ0) is 22.3. The SMILES string of the molecule is C(=C\c1nc(COc2ccc3cc(CCCn4ccnc4)ccc3c2)co1)/c1ccccc1. The van der Waals surface area contributed by atoms with Crippen molar-refractivity contribution in [2.45, 2.75) is 26.0 Å². The van der Waals surface area contributed by atoms with Crippen molar-refractivity contribution < 1.29 is 9.15 Å². The topological polar surface area (TPSA) is 53.1 Å². The van der Waals surface area contributed by atoms with Gasteiger partial charge in [0.25, 0.3) is 0 Å². The van der Waals surface area contributed by atoms with Crippen molar-refractivity contribution in [3.63, 3.8) is 0 Å². The van der Waals surface area contributed by atoms with Crippen molar-refractivity contribution in [1.82, 2.24) is 14.5 Å². The number of rotatable bonds is 9. The van der Waals surface area contributed by atoms with Crippen LogP contribution >= 0.6 is 0 Å². The van der Waals surface area contributed by atoms with Gasteiger partial charge in [-0.2, -0.15) is 0 Å². The molecule has 0 N–H and O–H groups in total. The Morgan fingerprint density at radius 2 is 1.82 bits per heavy atom. The van der Waals surface area contributed by atoms with Gasteiger partial charge in [0.05, 0.1) is 6.33 Å². The first kappa shape index (κ1) is 20.8. The Balaban J connectivity index is 1.17. The van der Waals surface area contributed by atoms with E-state index in [9.17, 15) is 0 Å². The minimum atomic E-state index is 0.362. The largest absolute Gasteiger partial charge is 0.487 e. The van der Waals surface area contributed by atoms with Gasteiger partial charge in [0.1, 0.15) is 24.3 Å². The van der Waals surface area contributed by atoms with E-state index in [1.165, 1.54) is 10.9 Å². The van der Waals surface area contributed by atoms with Crippen LogP contribution in [0.1, 0.15) is 29.1 Å². The number of hydrogen-bond donors (Lipinski definition) is 0. The lowest BCUT2D eigenvalue weighted by Crippen LogP contribution is -1.97. The monoisotopic (exact) mass is 435 g/mol. The number of oxazole rings is 1. The van der Waals surface area contributed by atoms with E-state index in [-0.39, 0.29) is 0 Å². The highest BCUT2D eigenvalue weighted by Gasteiger charge is 2.04. The second-order valence-corrected chi connectivity index (χ2v) is 7.96. The number of fused-ring (bicyclic) bond motifs is 1. The maximum absolute atomic E-state index is 5.96. The second kappa shape index (κ2) is 10.0. The molecule has 0 saturated heterocycles. The number of imidazole rings is 1. The maximum atomic E-state index is 5.96. The molecule has 0 bridgehead atoms. The molecule has 0 fully saturated rings. The maximum Gasteiger partial charge on any atom is 0.218 e. The molecular formula is C28H25N3O2. The second-order valence-electron chi connectivity index (χ2n) is 7.96. The average Bonchev–Trinajstić information content (AvgIpc) is 3.54. The molecule has 5 nitrogen and oxygen atoms in total. The van der Waals surface area contributed by atoms with Crippen LogP contribution < -0.4 is 4.74 Å². The third-order valence-corrected chi connectivity index (χ3v) is 5.49. The molecule has 5 heteroatoms. The van der Waals surface area contributed by atoms with Crippen molar-refractivity contribution in [3.8, 4) is 5.75 Å². The molecule has 33 heavy (non-hydrogen) atoms. The molecule has 0 aliphatic heterocycles. The summed E-state index contributed by atoms with van der Waals surface area (Å²) in [5.41, 5.74) is 3.21. The van der Waals surface area contributed by atoms with Crippen molar-refractivity contribution >= 4 is 22.9 Å². The van der Waals surface area contributed by atoms with Crippen LogP contribution in [0, 0.1) is 0 Å². The van der Waals surface area contributed by atoms with Crippen LogP contribution in [0.3, 0.4) is 0 Å². The van der Waals surface area contributed by atoms with Crippen molar-refractivity contribution in [2.24, 2.45) is 0 Å². The van der Waals surface area contributed by atoms with Gasteiger partial charge in [-0.1, -0.05) is 54.6 Å². The zero-order valence-corrected chi connectivity index (χ0v) is 18.3. The normalized spacial score (nSPS) is 11.4. The van der Waals surface area contributed by atoms with Crippen LogP contribution in [0.4, 0.5) is 0 Å². The fraction of sp³-hybridized carbons (Fsp3) is 0.143. The lowest BCUT2D eigenvalue weighted by atomic mass is 10.0. The van der Waals surface area contributed by atoms with E-state index in [2.05, 4.69) is 44.9 Å². The average molecular weight is 436 g/mol. The van der Waals surface area contributed by atoms with Gasteiger partial charge in [-0.25, -0.2) is 9.97 Å². The lowest BCUT2D eigenvalue weighted by Gasteiger charge is -2.08. The van der Waals surface area contributed by atoms with Crippen molar-refractivity contribution in [3.05, 3.63) is 114 Å². The number of aromatic nitrogens is 3. The predicted octanol–water partition coefficient (Wildman–Crippen LogP) is 6.41. The van der Waals surface area contributed by atoms with Crippen LogP contribution in [-0.4, -0.2) is 14.5 Å². The van der Waals surface area contributed by atoms with E-state index >= 15 is 0 Å². The number of benzene rings is 3. The van der Waals surface area contributed by atoms with Crippen molar-refractivity contribution in [1.29, 1.82) is 0 Å². The molecule has 0 unspecified atom stereocenters. The molecule has 2 heterocycles. The number of aryl methyl sites for hydroxylation is 2. The van der Waals surface area contributed by atoms with E-state index in [1.807, 2.05) is 67.3 Å². The summed E-state index contributed by atoms with van der Waals surface area (Å²) in [7, 11) is 0. The smallest absolute Gasteiger partial charge is 0.218 e. The third-order valence-electron chi connectivity index (χ3n) is 5.49. The van der Waals surface area contributed by atoms with Gasteiger partial charge in [0.2, 0.25) is 5.89 Å². The number of nitrogens with zero attached hydrogens (tertiary/aromatic N) is 3. The molecule has 0 atom stereocenters. The highest BCUT2D eigenvalue weighted by molar-refractivity contribution is 5.84. The number of ether oxygens (including phenoxy) is 1. The van der Waals surface area contributed by atoms with Gasteiger partial charge >= 0.3 is 0 Å². The van der Waals surface area contributed by atoms with Crippen LogP contribution in [-0.2, 0) is 19.6 Å². The molecule has 0 saturated carbocycles. The molecule has 5 rings (SSSR count). The summed E-state index contributed by atoms with van der Waals surface area (Å²) in [5, 5.41) is 2.38. The standard InChI is InChI=1S/C28H25N3O2/c1-2-5-22(6-3-1)9-13-28-30-26(20-33-28)19-32-27-12-11-24-17-23(8-10-25(24)18-27)7-4-15-31-16-14-29-21-31/h1-3,5-6,8-14,16-18,20-21H,4,7,15,19H2/b13-9+. The van der Waals surface area contributed by atoms with Crippen LogP contribution in [0.15, 0.2) is 96.1 Å². The van der Waals surface area contributed by atoms with Gasteiger partial charge in [0, 0.05) is 25.0 Å². The van der Waals surface area contributed by atoms with Gasteiger partial charge in [-0.05, 0) is 52.9 Å². The minimum Gasteiger partial charge on any atom is -0.487 e. The molecule has 5 aromatic rings. The molecule has 0 aliphatic carbocycles. The molecule has 0 aliphatic rings. The molecule has 0 amide bonds. The Morgan fingerprint density at radius 3 is 2.70 bits per heavy atom. The van der Waals surface area contributed by atoms with Crippen LogP contribution in [0.5, 0.6) is 5.75 Å². The first-order valence-electron chi connectivity index (χ1n) is 11.1. The van der Waals surface area contributed by atoms with E-state index in [4.69, 9.17) is 9.15 Å². The van der Waals surface area contributed by atoms with Gasteiger partial charge in [-0.3, -0.25) is 0 Å². The number of hydrogen-bond acceptors (Lipinski definition) is 4. The van der Waals surface area contributed by atoms with Crippen LogP contribution in [0.25, 0.3) is 22.9 Å². The predicted molar refractivity (Wildman–Crippen MR) is 131 cm³/mol. The van der Waals surface area contributed by atoms with Gasteiger partial charge < -0.3 is 13.7 Å². The third kappa shape index (κ3) is 5.57. The summed E-state index contributed by atoms with van der Waals surface area (Å²) in [6.45, 7) is 1.34. The summed E-state index contributed by atoms with van der Waals surface area (Å²) < 4.78 is 13.6. The van der Waals surface area contributed by atoms with E-state index in [0.29, 0.717) is 12.5 Å². The zero-order valence-electron chi connectivity index (χ0n) is 18.3. The van der Waals surface area contributed by atoms with E-state index in [0.717, 1.165) is 41.8 Å². The van der Waals surface area contributed by atoms with Crippen molar-refractivity contribution in [2.75, 3.05) is 0 Å². The summed E-state index contributed by atoms with van der Waals surface area (Å²) in [6.07, 6.45) is 13.3. The van der Waals surface area contributed by atoms with Gasteiger partial charge in [0.15, 0.2) is 0 Å². The fourth-order valence-electron chi connectivity index (χ4n) is 3.76. The van der Waals surface area contributed by atoms with E-state index in [1.54, 1.807) is 6.26 Å². The summed E-state index contributed by atoms with van der Waals surface area (Å²) in [6, 6.07) is 22.9. The quantitative estimate of drug-likeness (QED) is 0.269. The molecule has 2 aromatic heterocycles. The van der Waals surface area contributed by atoms with Crippen LogP contribution in [0.2, 0.25) is 0 Å². The first-order valence-corrected chi connectivity index (χ1v) is 11.1. The molecule has 0 spiro atoms. The molecule has 0 radical (unpaired) electrons. The summed E-state index contributed by atoms with van der Waals surface area (Å²) in [5.74, 6) is 1.39. The fourth-order valence-corrected chi connectivity index (χ4v) is 3.76. The highest BCUT2D eigenvalue weighted by atomic mass is 16.5. The summed E-state index contributed by atoms with van der Waals surface area (Å²) in [4.78, 5) is 8.57. The first-order chi connectivity index (χ1) is 16.3. The molecule has 164 valence electrons. The Labute approximate surface area is 193 Å². The Bertz CT molecular complexity index is 1340. The van der Waals surface area contributed by atoms with Gasteiger partial charge in [-0.15, -0.1) is 0 Å². The lowest BCUT2D eigenvalue weighted by molar-refractivity contribution is 0.301. The Hall–Kier alpha value is -4.12. The minimum absolute atomic E-state index is 0.362.